The number of rotatable bonds is 6. The van der Waals surface area contributed by atoms with Gasteiger partial charge >= 0.3 is 5.57 Å². The van der Waals surface area contributed by atoms with Crippen molar-refractivity contribution < 1.29 is 18.3 Å². The van der Waals surface area contributed by atoms with Crippen LogP contribution >= 0.6 is 11.6 Å². The molecule has 1 aromatic rings. The molecule has 6 nitrogen and oxygen atoms in total. The highest BCUT2D eigenvalue weighted by Gasteiger charge is 2.27. The van der Waals surface area contributed by atoms with E-state index in [0.717, 1.165) is 13.1 Å². The summed E-state index contributed by atoms with van der Waals surface area (Å²) in [6.07, 6.45) is 0. The van der Waals surface area contributed by atoms with Gasteiger partial charge in [0.15, 0.2) is 0 Å². The molecule has 130 valence electrons. The third-order valence-corrected chi connectivity index (χ3v) is 3.58. The molecular weight excluding hydrogens is 342 g/mol. The summed E-state index contributed by atoms with van der Waals surface area (Å²) < 4.78 is 29.2. The van der Waals surface area contributed by atoms with E-state index in [9.17, 15) is 13.6 Å². The number of carbonyl (C=O) groups is 1. The molecule has 0 spiro atoms. The quantitative estimate of drug-likeness (QED) is 0.621. The Balaban J connectivity index is 1.77. The van der Waals surface area contributed by atoms with Crippen LogP contribution in [0.5, 0.6) is 5.75 Å². The van der Waals surface area contributed by atoms with Gasteiger partial charge < -0.3 is 10.1 Å². The van der Waals surface area contributed by atoms with Crippen LogP contribution in [0, 0.1) is 11.3 Å². The fourth-order valence-corrected chi connectivity index (χ4v) is 2.44. The van der Waals surface area contributed by atoms with Crippen molar-refractivity contribution in [2.24, 2.45) is 0 Å². The highest BCUT2D eigenvalue weighted by atomic mass is 35.5. The summed E-state index contributed by atoms with van der Waals surface area (Å²) in [7, 11) is 0. The third-order valence-electron chi connectivity index (χ3n) is 3.50. The topological polar surface area (TPSA) is 68.6 Å². The highest BCUT2D eigenvalue weighted by Crippen LogP contribution is 2.25. The molecule has 1 fully saturated rings. The summed E-state index contributed by atoms with van der Waals surface area (Å²) in [6, 6.07) is 7.62. The third kappa shape index (κ3) is 6.28. The lowest BCUT2D eigenvalue weighted by molar-refractivity contribution is -0.117. The summed E-state index contributed by atoms with van der Waals surface area (Å²) in [5, 5.41) is 11.3. The lowest BCUT2D eigenvalue weighted by Gasteiger charge is -2.32. The van der Waals surface area contributed by atoms with Gasteiger partial charge in [-0.15, -0.1) is 8.78 Å². The van der Waals surface area contributed by atoms with Crippen LogP contribution in [0.3, 0.4) is 0 Å². The lowest BCUT2D eigenvalue weighted by Crippen LogP contribution is -2.48. The number of alkyl halides is 3. The molecular formula is C15H17ClF2N4O2. The van der Waals surface area contributed by atoms with Gasteiger partial charge in [-0.25, -0.2) is 0 Å². The SMILES string of the molecule is N#CCN1CCN(CC(=O)Nc2ccc(OC(F)(F)Cl)cc2)CC1. The number of benzene rings is 1. The van der Waals surface area contributed by atoms with Crippen LogP contribution < -0.4 is 10.1 Å². The molecule has 1 heterocycles. The van der Waals surface area contributed by atoms with E-state index in [1.807, 2.05) is 9.80 Å². The molecule has 1 aliphatic rings. The van der Waals surface area contributed by atoms with E-state index in [1.165, 1.54) is 24.3 Å². The molecule has 0 unspecified atom stereocenters. The smallest absolute Gasteiger partial charge is 0.420 e. The van der Waals surface area contributed by atoms with Crippen LogP contribution in [-0.2, 0) is 4.79 Å². The zero-order chi connectivity index (χ0) is 17.6. The average molecular weight is 359 g/mol. The molecule has 0 radical (unpaired) electrons. The molecule has 1 aromatic carbocycles. The molecule has 0 aliphatic carbocycles. The second-order valence-electron chi connectivity index (χ2n) is 5.33. The van der Waals surface area contributed by atoms with Gasteiger partial charge in [-0.05, 0) is 24.3 Å². The number of ether oxygens (including phenoxy) is 1. The van der Waals surface area contributed by atoms with Gasteiger partial charge in [0.1, 0.15) is 5.75 Å². The summed E-state index contributed by atoms with van der Waals surface area (Å²) in [5.74, 6) is -0.290. The summed E-state index contributed by atoms with van der Waals surface area (Å²) >= 11 is 4.68. The maximum atomic E-state index is 12.5. The fourth-order valence-electron chi connectivity index (χ4n) is 2.35. The van der Waals surface area contributed by atoms with E-state index in [0.29, 0.717) is 25.3 Å². The largest absolute Gasteiger partial charge is 0.487 e. The number of nitriles is 1. The first-order valence-electron chi connectivity index (χ1n) is 7.33. The van der Waals surface area contributed by atoms with Gasteiger partial charge in [-0.1, -0.05) is 0 Å². The van der Waals surface area contributed by atoms with Crippen molar-refractivity contribution in [1.29, 1.82) is 5.26 Å². The number of nitrogens with one attached hydrogen (secondary N) is 1. The fraction of sp³-hybridized carbons (Fsp3) is 0.467. The second-order valence-corrected chi connectivity index (χ2v) is 5.77. The zero-order valence-electron chi connectivity index (χ0n) is 12.8. The Bertz CT molecular complexity index is 593. The lowest BCUT2D eigenvalue weighted by atomic mass is 10.3. The number of piperazine rings is 1. The number of hydrogen-bond acceptors (Lipinski definition) is 5. The Labute approximate surface area is 143 Å². The minimum absolute atomic E-state index is 0.0957. The zero-order valence-corrected chi connectivity index (χ0v) is 13.6. The first-order valence-corrected chi connectivity index (χ1v) is 7.71. The van der Waals surface area contributed by atoms with Gasteiger partial charge in [0.05, 0.1) is 19.2 Å². The normalized spacial score (nSPS) is 16.4. The van der Waals surface area contributed by atoms with Crippen LogP contribution in [0.25, 0.3) is 0 Å². The van der Waals surface area contributed by atoms with Crippen LogP contribution in [0.1, 0.15) is 0 Å². The van der Waals surface area contributed by atoms with E-state index >= 15 is 0 Å². The number of nitrogens with zero attached hydrogens (tertiary/aromatic N) is 3. The molecule has 1 aliphatic heterocycles. The Morgan fingerprint density at radius 2 is 1.83 bits per heavy atom. The number of anilines is 1. The van der Waals surface area contributed by atoms with Crippen molar-refractivity contribution >= 4 is 23.2 Å². The summed E-state index contributed by atoms with van der Waals surface area (Å²) in [5.41, 5.74) is -3.29. The Hall–Kier alpha value is -1.95. The van der Waals surface area contributed by atoms with Crippen LogP contribution in [-0.4, -0.2) is 60.5 Å². The predicted molar refractivity (Wildman–Crippen MR) is 85.0 cm³/mol. The average Bonchev–Trinajstić information content (AvgIpc) is 2.50. The predicted octanol–water partition coefficient (Wildman–Crippen LogP) is 1.93. The molecule has 0 saturated carbocycles. The van der Waals surface area contributed by atoms with Crippen LogP contribution in [0.4, 0.5) is 14.5 Å². The molecule has 9 heteroatoms. The van der Waals surface area contributed by atoms with Crippen molar-refractivity contribution in [3.8, 4) is 11.8 Å². The maximum Gasteiger partial charge on any atom is 0.487 e. The van der Waals surface area contributed by atoms with Crippen LogP contribution in [0.2, 0.25) is 0 Å². The monoisotopic (exact) mass is 358 g/mol. The van der Waals surface area contributed by atoms with Crippen LogP contribution in [0.15, 0.2) is 24.3 Å². The van der Waals surface area contributed by atoms with Crippen molar-refractivity contribution in [3.05, 3.63) is 24.3 Å². The minimum Gasteiger partial charge on any atom is -0.420 e. The first-order chi connectivity index (χ1) is 11.4. The van der Waals surface area contributed by atoms with Crippen molar-refractivity contribution in [1.82, 2.24) is 9.80 Å². The molecule has 24 heavy (non-hydrogen) atoms. The second kappa shape index (κ2) is 8.24. The van der Waals surface area contributed by atoms with Gasteiger partial charge in [0, 0.05) is 43.5 Å². The van der Waals surface area contributed by atoms with E-state index < -0.39 is 5.57 Å². The van der Waals surface area contributed by atoms with E-state index in [4.69, 9.17) is 5.26 Å². The summed E-state index contributed by atoms with van der Waals surface area (Å²) in [4.78, 5) is 16.0. The van der Waals surface area contributed by atoms with Gasteiger partial charge in [-0.3, -0.25) is 14.6 Å². The molecule has 0 bridgehead atoms. The molecule has 1 N–H and O–H groups in total. The van der Waals surface area contributed by atoms with E-state index in [2.05, 4.69) is 27.7 Å². The van der Waals surface area contributed by atoms with E-state index in [1.54, 1.807) is 0 Å². The Morgan fingerprint density at radius 3 is 2.38 bits per heavy atom. The Kier molecular flexibility index (Phi) is 6.31. The van der Waals surface area contributed by atoms with Crippen molar-refractivity contribution in [2.45, 2.75) is 5.57 Å². The highest BCUT2D eigenvalue weighted by molar-refractivity contribution is 6.20. The van der Waals surface area contributed by atoms with Gasteiger partial charge in [0.2, 0.25) is 5.91 Å². The molecule has 1 saturated heterocycles. The van der Waals surface area contributed by atoms with E-state index in [-0.39, 0.29) is 18.2 Å². The first kappa shape index (κ1) is 18.4. The summed E-state index contributed by atoms with van der Waals surface area (Å²) in [6.45, 7) is 3.56. The standard InChI is InChI=1S/C15H17ClF2N4O2/c16-15(17,18)24-13-3-1-12(2-4-13)20-14(23)11-22-9-7-21(6-5-19)8-10-22/h1-4H,6-11H2,(H,20,23). The molecule has 0 atom stereocenters. The molecule has 1 amide bonds. The Morgan fingerprint density at radius 1 is 1.25 bits per heavy atom. The number of hydrogen-bond donors (Lipinski definition) is 1. The van der Waals surface area contributed by atoms with Gasteiger partial charge in [0.25, 0.3) is 0 Å². The molecule has 0 aromatic heterocycles. The molecule has 2 rings (SSSR count). The van der Waals surface area contributed by atoms with Gasteiger partial charge in [-0.2, -0.15) is 5.26 Å². The van der Waals surface area contributed by atoms with Crippen molar-refractivity contribution in [3.63, 3.8) is 0 Å². The number of carbonyl (C=O) groups excluding carboxylic acids is 1. The number of amides is 1. The number of halogens is 3. The van der Waals surface area contributed by atoms with Crippen molar-refractivity contribution in [2.75, 3.05) is 44.6 Å². The maximum absolute atomic E-state index is 12.5. The minimum atomic E-state index is -3.77.